The molecule has 26 heavy (non-hydrogen) atoms. The molecule has 0 radical (unpaired) electrons. The third-order valence-electron chi connectivity index (χ3n) is 3.77. The Labute approximate surface area is 152 Å². The van der Waals surface area contributed by atoms with Crippen LogP contribution >= 0.6 is 0 Å². The van der Waals surface area contributed by atoms with E-state index in [0.29, 0.717) is 11.1 Å². The molecule has 0 aliphatic carbocycles. The topological polar surface area (TPSA) is 34.1 Å². The van der Waals surface area contributed by atoms with Crippen LogP contribution in [0, 0.1) is 11.8 Å². The van der Waals surface area contributed by atoms with Crippen molar-refractivity contribution in [2.45, 2.75) is 0 Å². The van der Waals surface area contributed by atoms with Gasteiger partial charge in [-0.3, -0.25) is 9.59 Å². The zero-order chi connectivity index (χ0) is 18.2. The SMILES string of the molecule is O=C(C(=CC#Cc1ccccc1)C(=O)c1ccccc1)c1ccccc1. The molecule has 3 rings (SSSR count). The number of Topliss-reactive ketones (excluding diaryl/α,β-unsaturated/α-hetero) is 2. The minimum Gasteiger partial charge on any atom is -0.288 e. The largest absolute Gasteiger partial charge is 0.288 e. The van der Waals surface area contributed by atoms with Gasteiger partial charge in [0.15, 0.2) is 11.6 Å². The molecule has 0 aromatic heterocycles. The molecule has 0 heterocycles. The quantitative estimate of drug-likeness (QED) is 0.227. The van der Waals surface area contributed by atoms with Crippen molar-refractivity contribution in [1.82, 2.24) is 0 Å². The van der Waals surface area contributed by atoms with Crippen LogP contribution in [0.3, 0.4) is 0 Å². The summed E-state index contributed by atoms with van der Waals surface area (Å²) in [5.41, 5.74) is 1.81. The Balaban J connectivity index is 1.99. The van der Waals surface area contributed by atoms with Gasteiger partial charge in [0.25, 0.3) is 0 Å². The zero-order valence-electron chi connectivity index (χ0n) is 14.1. The van der Waals surface area contributed by atoms with Gasteiger partial charge < -0.3 is 0 Å². The van der Waals surface area contributed by atoms with Gasteiger partial charge in [0.05, 0.1) is 5.57 Å². The molecule has 2 heteroatoms. The van der Waals surface area contributed by atoms with Crippen molar-refractivity contribution in [1.29, 1.82) is 0 Å². The molecule has 0 fully saturated rings. The number of carbonyl (C=O) groups excluding carboxylic acids is 2. The summed E-state index contributed by atoms with van der Waals surface area (Å²) in [6.45, 7) is 0. The fourth-order valence-corrected chi connectivity index (χ4v) is 2.44. The molecule has 2 nitrogen and oxygen atoms in total. The average molecular weight is 336 g/mol. The third-order valence-corrected chi connectivity index (χ3v) is 3.77. The van der Waals surface area contributed by atoms with Crippen molar-refractivity contribution in [2.24, 2.45) is 0 Å². The van der Waals surface area contributed by atoms with Crippen LogP contribution in [0.4, 0.5) is 0 Å². The number of hydrogen-bond donors (Lipinski definition) is 0. The monoisotopic (exact) mass is 336 g/mol. The molecule has 0 aliphatic rings. The highest BCUT2D eigenvalue weighted by atomic mass is 16.1. The molecule has 0 aliphatic heterocycles. The minimum absolute atomic E-state index is 0.0610. The van der Waals surface area contributed by atoms with Crippen LogP contribution in [0.15, 0.2) is 103 Å². The van der Waals surface area contributed by atoms with Gasteiger partial charge in [-0.05, 0) is 12.1 Å². The number of carbonyl (C=O) groups is 2. The number of hydrogen-bond acceptors (Lipinski definition) is 2. The van der Waals surface area contributed by atoms with Crippen molar-refractivity contribution in [2.75, 3.05) is 0 Å². The molecule has 0 amide bonds. The zero-order valence-corrected chi connectivity index (χ0v) is 14.1. The molecular formula is C24H16O2. The Kier molecular flexibility index (Phi) is 5.54. The van der Waals surface area contributed by atoms with Gasteiger partial charge in [0, 0.05) is 22.8 Å². The summed E-state index contributed by atoms with van der Waals surface area (Å²) in [5.74, 6) is 5.14. The predicted molar refractivity (Wildman–Crippen MR) is 103 cm³/mol. The second kappa shape index (κ2) is 8.41. The Morgan fingerprint density at radius 3 is 1.50 bits per heavy atom. The van der Waals surface area contributed by atoms with Crippen LogP contribution in [0.1, 0.15) is 26.3 Å². The molecule has 3 aromatic carbocycles. The first-order valence-corrected chi connectivity index (χ1v) is 8.22. The number of ketones is 2. The second-order valence-electron chi connectivity index (χ2n) is 5.58. The lowest BCUT2D eigenvalue weighted by Crippen LogP contribution is -2.13. The van der Waals surface area contributed by atoms with Gasteiger partial charge in [0.2, 0.25) is 0 Å². The summed E-state index contributed by atoms with van der Waals surface area (Å²) < 4.78 is 0. The molecule has 0 N–H and O–H groups in total. The van der Waals surface area contributed by atoms with Crippen LogP contribution in [0.2, 0.25) is 0 Å². The number of rotatable bonds is 4. The highest BCUT2D eigenvalue weighted by Gasteiger charge is 2.20. The van der Waals surface area contributed by atoms with Gasteiger partial charge in [-0.2, -0.15) is 0 Å². The number of benzene rings is 3. The van der Waals surface area contributed by atoms with Crippen LogP contribution in [0.25, 0.3) is 0 Å². The molecule has 3 aromatic rings. The minimum atomic E-state index is -0.332. The van der Waals surface area contributed by atoms with Gasteiger partial charge in [-0.1, -0.05) is 90.7 Å². The Morgan fingerprint density at radius 2 is 1.04 bits per heavy atom. The summed E-state index contributed by atoms with van der Waals surface area (Å²) in [7, 11) is 0. The molecule has 0 saturated heterocycles. The molecule has 0 unspecified atom stereocenters. The van der Waals surface area contributed by atoms with Crippen molar-refractivity contribution >= 4 is 11.6 Å². The van der Waals surface area contributed by atoms with Crippen LogP contribution in [-0.2, 0) is 0 Å². The second-order valence-corrected chi connectivity index (χ2v) is 5.58. The molecule has 0 atom stereocenters. The number of allylic oxidation sites excluding steroid dienone is 2. The van der Waals surface area contributed by atoms with Crippen molar-refractivity contribution < 1.29 is 9.59 Å². The highest BCUT2D eigenvalue weighted by Crippen LogP contribution is 2.14. The summed E-state index contributed by atoms with van der Waals surface area (Å²) in [5, 5.41) is 0. The van der Waals surface area contributed by atoms with E-state index < -0.39 is 0 Å². The van der Waals surface area contributed by atoms with Crippen molar-refractivity contribution in [3.8, 4) is 11.8 Å². The summed E-state index contributed by atoms with van der Waals surface area (Å²) in [6, 6.07) is 26.9. The molecule has 124 valence electrons. The Hall–Kier alpha value is -3.70. The Morgan fingerprint density at radius 1 is 0.615 bits per heavy atom. The first-order valence-electron chi connectivity index (χ1n) is 8.22. The van der Waals surface area contributed by atoms with Crippen LogP contribution in [-0.4, -0.2) is 11.6 Å². The van der Waals surface area contributed by atoms with Gasteiger partial charge in [0.1, 0.15) is 0 Å². The summed E-state index contributed by atoms with van der Waals surface area (Å²) in [4.78, 5) is 25.7. The fourth-order valence-electron chi connectivity index (χ4n) is 2.44. The molecular weight excluding hydrogens is 320 g/mol. The first-order chi connectivity index (χ1) is 12.8. The van der Waals surface area contributed by atoms with E-state index in [2.05, 4.69) is 11.8 Å². The molecule has 0 bridgehead atoms. The lowest BCUT2D eigenvalue weighted by atomic mass is 9.95. The smallest absolute Gasteiger partial charge is 0.197 e. The van der Waals surface area contributed by atoms with E-state index in [1.807, 2.05) is 42.5 Å². The third kappa shape index (κ3) is 4.23. The van der Waals surface area contributed by atoms with E-state index in [4.69, 9.17) is 0 Å². The van der Waals surface area contributed by atoms with E-state index >= 15 is 0 Å². The molecule has 0 saturated carbocycles. The maximum absolute atomic E-state index is 12.8. The standard InChI is InChI=1S/C24H16O2/c25-23(20-14-6-2-7-15-20)22(24(26)21-16-8-3-9-17-21)18-10-13-19-11-4-1-5-12-19/h1-9,11-12,14-18H. The lowest BCUT2D eigenvalue weighted by molar-refractivity contribution is 0.0962. The summed E-state index contributed by atoms with van der Waals surface area (Å²) >= 11 is 0. The fraction of sp³-hybridized carbons (Fsp3) is 0. The van der Waals surface area contributed by atoms with E-state index in [1.54, 1.807) is 48.5 Å². The van der Waals surface area contributed by atoms with E-state index in [0.717, 1.165) is 5.56 Å². The maximum Gasteiger partial charge on any atom is 0.197 e. The maximum atomic E-state index is 12.8. The predicted octanol–water partition coefficient (Wildman–Crippen LogP) is 4.73. The summed E-state index contributed by atoms with van der Waals surface area (Å²) in [6.07, 6.45) is 1.41. The van der Waals surface area contributed by atoms with E-state index in [9.17, 15) is 9.59 Å². The Bertz CT molecular complexity index is 936. The van der Waals surface area contributed by atoms with Gasteiger partial charge >= 0.3 is 0 Å². The normalized spacial score (nSPS) is 9.54. The van der Waals surface area contributed by atoms with Gasteiger partial charge in [-0.15, -0.1) is 0 Å². The lowest BCUT2D eigenvalue weighted by Gasteiger charge is -2.05. The van der Waals surface area contributed by atoms with Crippen LogP contribution in [0.5, 0.6) is 0 Å². The highest BCUT2D eigenvalue weighted by molar-refractivity contribution is 6.31. The molecule has 0 spiro atoms. The van der Waals surface area contributed by atoms with Gasteiger partial charge in [-0.25, -0.2) is 0 Å². The van der Waals surface area contributed by atoms with Crippen molar-refractivity contribution in [3.63, 3.8) is 0 Å². The van der Waals surface area contributed by atoms with E-state index in [1.165, 1.54) is 6.08 Å². The van der Waals surface area contributed by atoms with E-state index in [-0.39, 0.29) is 17.1 Å². The average Bonchev–Trinajstić information content (AvgIpc) is 2.72. The van der Waals surface area contributed by atoms with Crippen molar-refractivity contribution in [3.05, 3.63) is 119 Å². The van der Waals surface area contributed by atoms with Crippen LogP contribution < -0.4 is 0 Å². The first kappa shape index (κ1) is 17.1.